The third-order valence-electron chi connectivity index (χ3n) is 2.79. The van der Waals surface area contributed by atoms with Gasteiger partial charge in [-0.25, -0.2) is 14.2 Å². The van der Waals surface area contributed by atoms with Crippen molar-refractivity contribution in [2.45, 2.75) is 19.4 Å². The molecule has 120 valence electrons. The second-order valence-corrected chi connectivity index (χ2v) is 6.82. The van der Waals surface area contributed by atoms with Gasteiger partial charge in [-0.3, -0.25) is 9.88 Å². The number of carbonyl (C=O) groups is 1. The summed E-state index contributed by atoms with van der Waals surface area (Å²) in [5.74, 6) is 1.93. The first-order valence-electron chi connectivity index (χ1n) is 6.45. The average Bonchev–Trinajstić information content (AvgIpc) is 2.88. The quantitative estimate of drug-likeness (QED) is 0.731. The Morgan fingerprint density at radius 2 is 2.22 bits per heavy atom. The highest BCUT2D eigenvalue weighted by Gasteiger charge is 2.26. The van der Waals surface area contributed by atoms with Crippen LogP contribution >= 0.6 is 27.3 Å². The molecule has 0 N–H and O–H groups in total. The topological polar surface area (TPSA) is 55.3 Å². The van der Waals surface area contributed by atoms with Crippen LogP contribution in [0, 0.1) is 18.2 Å². The second-order valence-electron chi connectivity index (χ2n) is 5.09. The van der Waals surface area contributed by atoms with Crippen LogP contribution in [0.1, 0.15) is 13.8 Å². The summed E-state index contributed by atoms with van der Waals surface area (Å²) >= 11 is 4.49. The molecule has 8 heteroatoms. The molecule has 0 aliphatic heterocycles. The maximum atomic E-state index is 13.3. The summed E-state index contributed by atoms with van der Waals surface area (Å²) in [6, 6.07) is 1.32. The minimum absolute atomic E-state index is 0.444. The van der Waals surface area contributed by atoms with Gasteiger partial charge in [0.05, 0.1) is 6.20 Å². The highest BCUT2D eigenvalue weighted by Crippen LogP contribution is 2.37. The number of terminal acetylenes is 1. The minimum Gasteiger partial charge on any atom is -0.430 e. The fourth-order valence-electron chi connectivity index (χ4n) is 1.55. The summed E-state index contributed by atoms with van der Waals surface area (Å²) in [5, 5.41) is 1.04. The first kappa shape index (κ1) is 17.4. The number of halogens is 2. The van der Waals surface area contributed by atoms with Crippen LogP contribution in [0.5, 0.6) is 0 Å². The lowest BCUT2D eigenvalue weighted by Crippen LogP contribution is -2.34. The number of nitrogens with zero attached hydrogens (tertiary/aromatic N) is 3. The lowest BCUT2D eigenvalue weighted by atomic mass is 10.1. The van der Waals surface area contributed by atoms with Gasteiger partial charge in [0, 0.05) is 18.8 Å². The van der Waals surface area contributed by atoms with Crippen LogP contribution in [0.3, 0.4) is 0 Å². The Balaban J connectivity index is 2.28. The Labute approximate surface area is 145 Å². The first-order valence-corrected chi connectivity index (χ1v) is 8.06. The van der Waals surface area contributed by atoms with Crippen molar-refractivity contribution in [3.05, 3.63) is 28.9 Å². The predicted octanol–water partition coefficient (Wildman–Crippen LogP) is 4.09. The fourth-order valence-corrected chi connectivity index (χ4v) is 3.25. The van der Waals surface area contributed by atoms with Crippen LogP contribution in [-0.4, -0.2) is 28.7 Å². The van der Waals surface area contributed by atoms with Crippen molar-refractivity contribution in [1.29, 1.82) is 0 Å². The Morgan fingerprint density at radius 1 is 1.52 bits per heavy atom. The third kappa shape index (κ3) is 4.06. The molecule has 2 aromatic heterocycles. The molecule has 1 amide bonds. The van der Waals surface area contributed by atoms with Crippen LogP contribution in [0.2, 0.25) is 0 Å². The van der Waals surface area contributed by atoms with Crippen LogP contribution in [0.4, 0.5) is 14.2 Å². The van der Waals surface area contributed by atoms with E-state index in [0.717, 1.165) is 6.20 Å². The van der Waals surface area contributed by atoms with Gasteiger partial charge in [-0.2, -0.15) is 0 Å². The molecule has 0 aliphatic rings. The second kappa shape index (κ2) is 6.64. The fraction of sp³-hybridized carbons (Fsp3) is 0.267. The number of pyridine rings is 1. The average molecular weight is 398 g/mol. The van der Waals surface area contributed by atoms with E-state index in [-0.39, 0.29) is 0 Å². The Bertz CT molecular complexity index is 785. The normalized spacial score (nSPS) is 11.0. The van der Waals surface area contributed by atoms with Crippen LogP contribution in [0.25, 0.3) is 10.6 Å². The van der Waals surface area contributed by atoms with Gasteiger partial charge in [-0.05, 0) is 35.8 Å². The number of hydrogen-bond acceptors (Lipinski definition) is 5. The van der Waals surface area contributed by atoms with Crippen molar-refractivity contribution < 1.29 is 13.9 Å². The summed E-state index contributed by atoms with van der Waals surface area (Å²) < 4.78 is 18.9. The Kier molecular flexibility index (Phi) is 5.02. The molecule has 0 spiro atoms. The number of amides is 1. The standard InChI is InChI=1S/C15H13BrFN3O2S/c1-5-15(2,3)22-14(21)20(4)13-11(16)19-12(23-13)9-6-10(17)8-18-7-9/h1,6-8H,2-4H3. The highest BCUT2D eigenvalue weighted by atomic mass is 79.9. The number of ether oxygens (including phenoxy) is 1. The van der Waals surface area contributed by atoms with E-state index in [1.807, 2.05) is 0 Å². The monoisotopic (exact) mass is 397 g/mol. The summed E-state index contributed by atoms with van der Waals surface area (Å²) in [4.78, 5) is 21.5. The zero-order valence-electron chi connectivity index (χ0n) is 12.6. The minimum atomic E-state index is -1.02. The van der Waals surface area contributed by atoms with Gasteiger partial charge < -0.3 is 4.74 Å². The molecular weight excluding hydrogens is 385 g/mol. The van der Waals surface area contributed by atoms with E-state index in [0.29, 0.717) is 20.2 Å². The van der Waals surface area contributed by atoms with E-state index >= 15 is 0 Å². The summed E-state index contributed by atoms with van der Waals surface area (Å²) in [7, 11) is 1.54. The third-order valence-corrected chi connectivity index (χ3v) is 4.79. The van der Waals surface area contributed by atoms with Crippen molar-refractivity contribution in [1.82, 2.24) is 9.97 Å². The molecule has 0 bridgehead atoms. The van der Waals surface area contributed by atoms with Gasteiger partial charge in [-0.15, -0.1) is 6.42 Å². The van der Waals surface area contributed by atoms with Crippen LogP contribution in [0.15, 0.2) is 23.1 Å². The number of carbonyl (C=O) groups excluding carboxylic acids is 1. The zero-order chi connectivity index (χ0) is 17.2. The van der Waals surface area contributed by atoms with E-state index in [4.69, 9.17) is 11.2 Å². The summed E-state index contributed by atoms with van der Waals surface area (Å²) in [6.07, 6.45) is 7.31. The molecule has 0 saturated carbocycles. The van der Waals surface area contributed by atoms with E-state index in [9.17, 15) is 9.18 Å². The largest absolute Gasteiger partial charge is 0.430 e. The lowest BCUT2D eigenvalue weighted by molar-refractivity contribution is 0.0854. The van der Waals surface area contributed by atoms with Gasteiger partial charge in [0.2, 0.25) is 0 Å². The molecule has 0 aliphatic carbocycles. The van der Waals surface area contributed by atoms with E-state index < -0.39 is 17.5 Å². The van der Waals surface area contributed by atoms with Crippen LogP contribution < -0.4 is 4.90 Å². The Hall–Kier alpha value is -1.98. The summed E-state index contributed by atoms with van der Waals surface area (Å²) in [5.41, 5.74) is -0.495. The number of anilines is 1. The van der Waals surface area contributed by atoms with Gasteiger partial charge in [0.15, 0.2) is 5.60 Å². The molecule has 0 atom stereocenters. The highest BCUT2D eigenvalue weighted by molar-refractivity contribution is 9.10. The smallest absolute Gasteiger partial charge is 0.416 e. The number of aromatic nitrogens is 2. The molecule has 2 heterocycles. The lowest BCUT2D eigenvalue weighted by Gasteiger charge is -2.22. The number of hydrogen-bond donors (Lipinski definition) is 0. The predicted molar refractivity (Wildman–Crippen MR) is 90.8 cm³/mol. The molecule has 23 heavy (non-hydrogen) atoms. The zero-order valence-corrected chi connectivity index (χ0v) is 15.0. The van der Waals surface area contributed by atoms with Gasteiger partial charge in [-0.1, -0.05) is 17.3 Å². The maximum absolute atomic E-state index is 13.3. The van der Waals surface area contributed by atoms with Gasteiger partial charge in [0.1, 0.15) is 20.4 Å². The SMILES string of the molecule is C#CC(C)(C)OC(=O)N(C)c1sc(-c2cncc(F)c2)nc1Br. The van der Waals surface area contributed by atoms with E-state index in [2.05, 4.69) is 31.8 Å². The maximum Gasteiger partial charge on any atom is 0.416 e. The van der Waals surface area contributed by atoms with Crippen molar-refractivity contribution in [2.24, 2.45) is 0 Å². The van der Waals surface area contributed by atoms with Crippen molar-refractivity contribution >= 4 is 38.4 Å². The summed E-state index contributed by atoms with van der Waals surface area (Å²) in [6.45, 7) is 3.23. The molecule has 0 saturated heterocycles. The molecular formula is C15H13BrFN3O2S. The van der Waals surface area contributed by atoms with Gasteiger partial charge >= 0.3 is 6.09 Å². The van der Waals surface area contributed by atoms with E-state index in [1.54, 1.807) is 20.9 Å². The Morgan fingerprint density at radius 3 is 2.83 bits per heavy atom. The number of rotatable bonds is 3. The molecule has 0 unspecified atom stereocenters. The molecule has 0 aromatic carbocycles. The molecule has 0 radical (unpaired) electrons. The molecule has 2 aromatic rings. The number of thiazole rings is 1. The van der Waals surface area contributed by atoms with E-state index in [1.165, 1.54) is 28.5 Å². The van der Waals surface area contributed by atoms with Gasteiger partial charge in [0.25, 0.3) is 0 Å². The first-order chi connectivity index (χ1) is 10.7. The van der Waals surface area contributed by atoms with Crippen molar-refractivity contribution in [3.63, 3.8) is 0 Å². The molecule has 0 fully saturated rings. The molecule has 5 nitrogen and oxygen atoms in total. The van der Waals surface area contributed by atoms with Crippen molar-refractivity contribution in [3.8, 4) is 22.9 Å². The molecule has 2 rings (SSSR count). The van der Waals surface area contributed by atoms with Crippen molar-refractivity contribution in [2.75, 3.05) is 11.9 Å². The van der Waals surface area contributed by atoms with Crippen LogP contribution in [-0.2, 0) is 4.74 Å².